The maximum Gasteiger partial charge on any atom is 0.457 e. The summed E-state index contributed by atoms with van der Waals surface area (Å²) in [5.74, 6) is -33.7. The molecule has 1 atom stereocenters. The van der Waals surface area contributed by atoms with Gasteiger partial charge in [-0.3, -0.25) is 0 Å². The van der Waals surface area contributed by atoms with E-state index in [0.29, 0.717) is 0 Å². The molecule has 28 heavy (non-hydrogen) atoms. The standard InChI is InChI=1S/C9F19/c10-1(3(13,14)7(20,21)22)2(11,12)5(16,17)4(15,8(23,24)25)6(18,19)9(26,27)28. The molecule has 0 aliphatic heterocycles. The van der Waals surface area contributed by atoms with Gasteiger partial charge in [0.15, 0.2) is 0 Å². The Kier molecular flexibility index (Phi) is 6.03. The van der Waals surface area contributed by atoms with Gasteiger partial charge in [-0.1, -0.05) is 0 Å². The zero-order valence-corrected chi connectivity index (χ0v) is 11.7. The van der Waals surface area contributed by atoms with Crippen LogP contribution in [0.1, 0.15) is 0 Å². The van der Waals surface area contributed by atoms with Crippen LogP contribution in [0.15, 0.2) is 0 Å². The number of rotatable bonds is 5. The van der Waals surface area contributed by atoms with Crippen molar-refractivity contribution in [3.63, 3.8) is 0 Å². The summed E-state index contributed by atoms with van der Waals surface area (Å²) in [5.41, 5.74) is -8.88. The van der Waals surface area contributed by atoms with E-state index >= 15 is 0 Å². The van der Waals surface area contributed by atoms with Crippen LogP contribution in [0.3, 0.4) is 0 Å². The molecule has 0 saturated carbocycles. The van der Waals surface area contributed by atoms with Crippen molar-refractivity contribution in [1.29, 1.82) is 0 Å². The van der Waals surface area contributed by atoms with E-state index in [2.05, 4.69) is 0 Å². The van der Waals surface area contributed by atoms with Gasteiger partial charge in [-0.15, -0.1) is 0 Å². The highest BCUT2D eigenvalue weighted by Gasteiger charge is 2.96. The Morgan fingerprint density at radius 1 is 0.357 bits per heavy atom. The molecule has 0 aromatic carbocycles. The van der Waals surface area contributed by atoms with Crippen molar-refractivity contribution >= 4 is 0 Å². The molecule has 0 aromatic rings. The number of hydrogen-bond donors (Lipinski definition) is 0. The lowest BCUT2D eigenvalue weighted by atomic mass is 9.82. The van der Waals surface area contributed by atoms with Gasteiger partial charge in [0, 0.05) is 0 Å². The monoisotopic (exact) mass is 469 g/mol. The third kappa shape index (κ3) is 3.30. The minimum absolute atomic E-state index is 5.86. The Morgan fingerprint density at radius 3 is 0.893 bits per heavy atom. The molecule has 0 fully saturated rings. The number of halogens is 19. The Bertz CT molecular complexity index is 559. The van der Waals surface area contributed by atoms with E-state index < -0.39 is 54.1 Å². The van der Waals surface area contributed by atoms with Crippen molar-refractivity contribution in [2.24, 2.45) is 0 Å². The topological polar surface area (TPSA) is 0 Å². The molecule has 19 heteroatoms. The van der Waals surface area contributed by atoms with Gasteiger partial charge >= 0.3 is 47.9 Å². The summed E-state index contributed by atoms with van der Waals surface area (Å²) in [6, 6.07) is 0. The van der Waals surface area contributed by atoms with E-state index in [4.69, 9.17) is 0 Å². The van der Waals surface area contributed by atoms with Gasteiger partial charge in [0.2, 0.25) is 0 Å². The molecular formula is C9F19. The normalized spacial score (nSPS) is 18.4. The molecular weight excluding hydrogens is 469 g/mol. The Labute approximate surface area is 139 Å². The molecule has 0 amide bonds. The summed E-state index contributed by atoms with van der Waals surface area (Å²) < 4.78 is 236. The molecule has 0 heterocycles. The highest BCUT2D eigenvalue weighted by atomic mass is 19.4. The van der Waals surface area contributed by atoms with Crippen LogP contribution in [0, 0.1) is 6.17 Å². The Hall–Kier alpha value is -1.33. The molecule has 0 aliphatic carbocycles. The summed E-state index contributed by atoms with van der Waals surface area (Å²) in [6.07, 6.45) is -29.9. The summed E-state index contributed by atoms with van der Waals surface area (Å²) in [7, 11) is 0. The molecule has 0 aliphatic rings. The number of hydrogen-bond acceptors (Lipinski definition) is 0. The maximum absolute atomic E-state index is 13.4. The molecule has 0 rings (SSSR count). The fourth-order valence-corrected chi connectivity index (χ4v) is 1.42. The van der Waals surface area contributed by atoms with Crippen LogP contribution >= 0.6 is 0 Å². The molecule has 0 aromatic heterocycles. The van der Waals surface area contributed by atoms with Gasteiger partial charge in [-0.2, -0.15) is 74.6 Å². The first kappa shape index (κ1) is 26.7. The van der Waals surface area contributed by atoms with Gasteiger partial charge in [0.25, 0.3) is 6.17 Å². The first-order valence-electron chi connectivity index (χ1n) is 5.59. The van der Waals surface area contributed by atoms with Gasteiger partial charge in [0.1, 0.15) is 0 Å². The van der Waals surface area contributed by atoms with E-state index in [1.54, 1.807) is 0 Å². The maximum atomic E-state index is 13.4. The van der Waals surface area contributed by atoms with Crippen LogP contribution in [0.2, 0.25) is 0 Å². The molecule has 0 N–H and O–H groups in total. The van der Waals surface area contributed by atoms with Crippen LogP contribution in [0.25, 0.3) is 0 Å². The fourth-order valence-electron chi connectivity index (χ4n) is 1.42. The molecule has 0 spiro atoms. The first-order chi connectivity index (χ1) is 11.7. The Balaban J connectivity index is 6.94. The van der Waals surface area contributed by atoms with Gasteiger partial charge in [0.05, 0.1) is 0 Å². The lowest BCUT2D eigenvalue weighted by molar-refractivity contribution is -0.449. The van der Waals surface area contributed by atoms with Gasteiger partial charge < -0.3 is 0 Å². The van der Waals surface area contributed by atoms with Crippen LogP contribution in [-0.2, 0) is 0 Å². The minimum Gasteiger partial charge on any atom is -0.226 e. The minimum atomic E-state index is -8.88. The summed E-state index contributed by atoms with van der Waals surface area (Å²) >= 11 is 0. The van der Waals surface area contributed by atoms with Crippen molar-refractivity contribution in [2.45, 2.75) is 47.9 Å². The van der Waals surface area contributed by atoms with Crippen LogP contribution in [-0.4, -0.2) is 47.9 Å². The quantitative estimate of drug-likeness (QED) is 0.408. The molecule has 1 radical (unpaired) electrons. The second-order valence-corrected chi connectivity index (χ2v) is 4.76. The Morgan fingerprint density at radius 2 is 0.679 bits per heavy atom. The van der Waals surface area contributed by atoms with E-state index in [0.717, 1.165) is 0 Å². The third-order valence-corrected chi connectivity index (χ3v) is 2.91. The molecule has 0 saturated heterocycles. The van der Waals surface area contributed by atoms with Gasteiger partial charge in [-0.25, -0.2) is 8.78 Å². The van der Waals surface area contributed by atoms with Crippen molar-refractivity contribution in [3.8, 4) is 0 Å². The summed E-state index contributed by atoms with van der Waals surface area (Å²) in [6.45, 7) is 0. The van der Waals surface area contributed by atoms with Crippen LogP contribution < -0.4 is 0 Å². The second-order valence-electron chi connectivity index (χ2n) is 4.76. The van der Waals surface area contributed by atoms with E-state index in [9.17, 15) is 83.4 Å². The van der Waals surface area contributed by atoms with Crippen molar-refractivity contribution < 1.29 is 83.4 Å². The number of alkyl halides is 18. The van der Waals surface area contributed by atoms with Crippen molar-refractivity contribution in [2.75, 3.05) is 0 Å². The fraction of sp³-hybridized carbons (Fsp3) is 0.889. The lowest BCUT2D eigenvalue weighted by Crippen LogP contribution is -2.76. The molecule has 1 unspecified atom stereocenters. The van der Waals surface area contributed by atoms with Gasteiger partial charge in [-0.05, 0) is 0 Å². The second kappa shape index (κ2) is 6.33. The lowest BCUT2D eigenvalue weighted by Gasteiger charge is -2.43. The molecule has 169 valence electrons. The smallest absolute Gasteiger partial charge is 0.226 e. The zero-order chi connectivity index (χ0) is 23.6. The highest BCUT2D eigenvalue weighted by Crippen LogP contribution is 2.65. The predicted molar refractivity (Wildman–Crippen MR) is 46.1 cm³/mol. The average Bonchev–Trinajstić information content (AvgIpc) is 2.40. The van der Waals surface area contributed by atoms with Crippen LogP contribution in [0.5, 0.6) is 0 Å². The van der Waals surface area contributed by atoms with E-state index in [1.807, 2.05) is 0 Å². The first-order valence-corrected chi connectivity index (χ1v) is 5.59. The highest BCUT2D eigenvalue weighted by molar-refractivity contribution is 5.23. The third-order valence-electron chi connectivity index (χ3n) is 2.91. The summed E-state index contributed by atoms with van der Waals surface area (Å²) in [4.78, 5) is 0. The molecule has 0 nitrogen and oxygen atoms in total. The zero-order valence-electron chi connectivity index (χ0n) is 11.7. The van der Waals surface area contributed by atoms with Crippen LogP contribution in [0.4, 0.5) is 83.4 Å². The largest absolute Gasteiger partial charge is 0.457 e. The summed E-state index contributed by atoms with van der Waals surface area (Å²) in [5, 5.41) is 0. The van der Waals surface area contributed by atoms with E-state index in [-0.39, 0.29) is 0 Å². The van der Waals surface area contributed by atoms with Crippen molar-refractivity contribution in [3.05, 3.63) is 6.17 Å². The predicted octanol–water partition coefficient (Wildman–Crippen LogP) is 6.42. The SMILES string of the molecule is F[C](C(F)(F)C(F)(F)F)C(F)(F)C(F)(F)C(F)(C(F)(F)F)C(F)(F)C(F)(F)F. The van der Waals surface area contributed by atoms with Crippen molar-refractivity contribution in [1.82, 2.24) is 0 Å². The van der Waals surface area contributed by atoms with E-state index in [1.165, 1.54) is 0 Å². The molecule has 0 bridgehead atoms. The average molecular weight is 469 g/mol.